The van der Waals surface area contributed by atoms with Crippen molar-refractivity contribution in [3.63, 3.8) is 0 Å². The van der Waals surface area contributed by atoms with Gasteiger partial charge in [0, 0.05) is 19.6 Å². The number of unbranched alkanes of at least 4 members (excludes halogenated alkanes) is 6. The summed E-state index contributed by atoms with van der Waals surface area (Å²) in [4.78, 5) is 25.4. The van der Waals surface area contributed by atoms with Gasteiger partial charge in [0.2, 0.25) is 0 Å². The van der Waals surface area contributed by atoms with Crippen molar-refractivity contribution in [3.05, 3.63) is 0 Å². The molecule has 1 aliphatic rings. The van der Waals surface area contributed by atoms with Crippen molar-refractivity contribution in [2.24, 2.45) is 0 Å². The van der Waals surface area contributed by atoms with Crippen LogP contribution in [0.4, 0.5) is 4.79 Å². The molecule has 170 valence electrons. The lowest BCUT2D eigenvalue weighted by Gasteiger charge is -2.24. The van der Waals surface area contributed by atoms with Crippen LogP contribution in [0.25, 0.3) is 0 Å². The van der Waals surface area contributed by atoms with Crippen molar-refractivity contribution in [1.82, 2.24) is 4.90 Å². The SMILES string of the molecule is CC(C)(C)OC(=O)CCCCCCCCCOC1CCN(C(=O)OC(C)(C)C)C1. The Morgan fingerprint density at radius 2 is 1.38 bits per heavy atom. The summed E-state index contributed by atoms with van der Waals surface area (Å²) in [5.74, 6) is -0.0909. The summed E-state index contributed by atoms with van der Waals surface area (Å²) in [5, 5.41) is 0. The highest BCUT2D eigenvalue weighted by molar-refractivity contribution is 5.69. The van der Waals surface area contributed by atoms with Crippen LogP contribution >= 0.6 is 0 Å². The summed E-state index contributed by atoms with van der Waals surface area (Å²) < 4.78 is 16.6. The lowest BCUT2D eigenvalue weighted by atomic mass is 10.1. The van der Waals surface area contributed by atoms with E-state index in [0.717, 1.165) is 45.1 Å². The molecule has 1 unspecified atom stereocenters. The average molecular weight is 414 g/mol. The van der Waals surface area contributed by atoms with Gasteiger partial charge in [-0.3, -0.25) is 4.79 Å². The minimum absolute atomic E-state index is 0.0909. The maximum atomic E-state index is 12.1. The third-order valence-corrected chi connectivity index (χ3v) is 4.60. The van der Waals surface area contributed by atoms with Gasteiger partial charge in [0.1, 0.15) is 11.2 Å². The predicted octanol–water partition coefficient (Wildman–Crippen LogP) is 5.47. The predicted molar refractivity (Wildman–Crippen MR) is 115 cm³/mol. The van der Waals surface area contributed by atoms with Gasteiger partial charge in [0.05, 0.1) is 12.6 Å². The van der Waals surface area contributed by atoms with Crippen molar-refractivity contribution >= 4 is 12.1 Å². The third kappa shape index (κ3) is 13.5. The molecule has 1 saturated heterocycles. The van der Waals surface area contributed by atoms with E-state index in [0.29, 0.717) is 19.5 Å². The summed E-state index contributed by atoms with van der Waals surface area (Å²) in [7, 11) is 0. The molecule has 0 aliphatic carbocycles. The molecule has 0 radical (unpaired) electrons. The summed E-state index contributed by atoms with van der Waals surface area (Å²) >= 11 is 0. The second-order valence-corrected chi connectivity index (χ2v) is 10.0. The van der Waals surface area contributed by atoms with E-state index in [2.05, 4.69) is 0 Å². The van der Waals surface area contributed by atoms with Gasteiger partial charge in [-0.1, -0.05) is 32.1 Å². The lowest BCUT2D eigenvalue weighted by molar-refractivity contribution is -0.154. The molecule has 0 spiro atoms. The number of ether oxygens (including phenoxy) is 3. The molecule has 1 rings (SSSR count). The maximum Gasteiger partial charge on any atom is 0.410 e. The molecule has 1 fully saturated rings. The Morgan fingerprint density at radius 1 is 0.828 bits per heavy atom. The molecular weight excluding hydrogens is 370 g/mol. The quantitative estimate of drug-likeness (QED) is 0.332. The highest BCUT2D eigenvalue weighted by Gasteiger charge is 2.30. The highest BCUT2D eigenvalue weighted by Crippen LogP contribution is 2.18. The maximum absolute atomic E-state index is 12.1. The van der Waals surface area contributed by atoms with Gasteiger partial charge in [-0.15, -0.1) is 0 Å². The first-order chi connectivity index (χ1) is 13.5. The highest BCUT2D eigenvalue weighted by atomic mass is 16.6. The zero-order valence-electron chi connectivity index (χ0n) is 19.6. The van der Waals surface area contributed by atoms with Gasteiger partial charge < -0.3 is 19.1 Å². The minimum Gasteiger partial charge on any atom is -0.460 e. The number of hydrogen-bond donors (Lipinski definition) is 0. The number of nitrogens with zero attached hydrogens (tertiary/aromatic N) is 1. The monoisotopic (exact) mass is 413 g/mol. The van der Waals surface area contributed by atoms with Crippen molar-refractivity contribution in [1.29, 1.82) is 0 Å². The Morgan fingerprint density at radius 3 is 1.97 bits per heavy atom. The Labute approximate surface area is 177 Å². The Bertz CT molecular complexity index is 492. The molecule has 6 nitrogen and oxygen atoms in total. The second-order valence-electron chi connectivity index (χ2n) is 10.0. The van der Waals surface area contributed by atoms with Gasteiger partial charge >= 0.3 is 12.1 Å². The number of esters is 1. The molecule has 0 aromatic rings. The number of rotatable bonds is 11. The van der Waals surface area contributed by atoms with Crippen LogP contribution in [0.15, 0.2) is 0 Å². The summed E-state index contributed by atoms with van der Waals surface area (Å²) in [5.41, 5.74) is -0.836. The molecule has 6 heteroatoms. The molecular formula is C23H43NO5. The first kappa shape index (κ1) is 25.7. The van der Waals surface area contributed by atoms with E-state index in [1.165, 1.54) is 12.8 Å². The molecule has 0 N–H and O–H groups in total. The van der Waals surface area contributed by atoms with Crippen LogP contribution < -0.4 is 0 Å². The second kappa shape index (κ2) is 12.4. The molecule has 1 amide bonds. The molecule has 1 atom stereocenters. The number of carbonyl (C=O) groups is 2. The van der Waals surface area contributed by atoms with Crippen LogP contribution in [-0.2, 0) is 19.0 Å². The smallest absolute Gasteiger partial charge is 0.410 e. The van der Waals surface area contributed by atoms with Crippen molar-refractivity contribution in [2.45, 2.75) is 117 Å². The van der Waals surface area contributed by atoms with E-state index in [1.807, 2.05) is 41.5 Å². The van der Waals surface area contributed by atoms with Crippen LogP contribution in [0.3, 0.4) is 0 Å². The number of carbonyl (C=O) groups excluding carboxylic acids is 2. The minimum atomic E-state index is -0.453. The van der Waals surface area contributed by atoms with Gasteiger partial charge in [-0.05, 0) is 60.8 Å². The van der Waals surface area contributed by atoms with E-state index in [-0.39, 0.29) is 23.8 Å². The van der Waals surface area contributed by atoms with E-state index >= 15 is 0 Å². The first-order valence-corrected chi connectivity index (χ1v) is 11.3. The van der Waals surface area contributed by atoms with Crippen LogP contribution in [-0.4, -0.2) is 54.0 Å². The number of likely N-dealkylation sites (tertiary alicyclic amines) is 1. The van der Waals surface area contributed by atoms with E-state index in [1.54, 1.807) is 4.90 Å². The van der Waals surface area contributed by atoms with Gasteiger partial charge in [-0.2, -0.15) is 0 Å². The Kier molecular flexibility index (Phi) is 11.0. The Hall–Kier alpha value is -1.30. The summed E-state index contributed by atoms with van der Waals surface area (Å²) in [6.45, 7) is 13.5. The van der Waals surface area contributed by atoms with E-state index in [9.17, 15) is 9.59 Å². The van der Waals surface area contributed by atoms with Crippen molar-refractivity contribution < 1.29 is 23.8 Å². The number of hydrogen-bond acceptors (Lipinski definition) is 5. The largest absolute Gasteiger partial charge is 0.460 e. The summed E-state index contributed by atoms with van der Waals surface area (Å²) in [6, 6.07) is 0. The van der Waals surface area contributed by atoms with Crippen molar-refractivity contribution in [2.75, 3.05) is 19.7 Å². The normalized spacial score (nSPS) is 17.4. The number of amides is 1. The van der Waals surface area contributed by atoms with Crippen LogP contribution in [0.5, 0.6) is 0 Å². The zero-order valence-corrected chi connectivity index (χ0v) is 19.6. The van der Waals surface area contributed by atoms with Gasteiger partial charge in [-0.25, -0.2) is 4.79 Å². The zero-order chi connectivity index (χ0) is 21.9. The Balaban J connectivity index is 1.94. The van der Waals surface area contributed by atoms with Crippen LogP contribution in [0.1, 0.15) is 99.3 Å². The third-order valence-electron chi connectivity index (χ3n) is 4.60. The van der Waals surface area contributed by atoms with E-state index < -0.39 is 5.60 Å². The fraction of sp³-hybridized carbons (Fsp3) is 0.913. The molecule has 1 heterocycles. The van der Waals surface area contributed by atoms with Crippen molar-refractivity contribution in [3.8, 4) is 0 Å². The summed E-state index contributed by atoms with van der Waals surface area (Å²) in [6.07, 6.45) is 9.07. The molecule has 0 aromatic heterocycles. The molecule has 29 heavy (non-hydrogen) atoms. The van der Waals surface area contributed by atoms with Crippen LogP contribution in [0.2, 0.25) is 0 Å². The lowest BCUT2D eigenvalue weighted by Crippen LogP contribution is -2.36. The van der Waals surface area contributed by atoms with E-state index in [4.69, 9.17) is 14.2 Å². The standard InChI is InChI=1S/C23H43NO5/c1-22(2,3)28-20(25)14-12-10-8-7-9-11-13-17-27-19-15-16-24(18-19)21(26)29-23(4,5)6/h19H,7-18H2,1-6H3. The molecule has 0 saturated carbocycles. The average Bonchev–Trinajstić information content (AvgIpc) is 3.02. The molecule has 0 aromatic carbocycles. The topological polar surface area (TPSA) is 65.1 Å². The molecule has 1 aliphatic heterocycles. The van der Waals surface area contributed by atoms with Gasteiger partial charge in [0.15, 0.2) is 0 Å². The van der Waals surface area contributed by atoms with Crippen LogP contribution in [0, 0.1) is 0 Å². The fourth-order valence-corrected chi connectivity index (χ4v) is 3.25. The first-order valence-electron chi connectivity index (χ1n) is 11.3. The fourth-order valence-electron chi connectivity index (χ4n) is 3.25. The molecule has 0 bridgehead atoms. The van der Waals surface area contributed by atoms with Gasteiger partial charge in [0.25, 0.3) is 0 Å².